The molecule has 0 saturated carbocycles. The lowest BCUT2D eigenvalue weighted by Gasteiger charge is -2.34. The average Bonchev–Trinajstić information content (AvgIpc) is 2.62. The molecule has 1 aromatic carbocycles. The molecule has 0 spiro atoms. The number of benzene rings is 1. The lowest BCUT2D eigenvalue weighted by atomic mass is 10.3. The summed E-state index contributed by atoms with van der Waals surface area (Å²) < 4.78 is 32.1. The number of rotatable bonds is 8. The standard InChI is InChI=1S/C17H29N3O3S/c1-4-18(2)10-5-11-19-12-14-20(15-13-19)24(21,22)17-8-6-16(23-3)7-9-17/h6-9H,4-5,10-15H2,1-3H3. The second-order valence-electron chi connectivity index (χ2n) is 6.17. The fraction of sp³-hybridized carbons (Fsp3) is 0.647. The first kappa shape index (κ1) is 19.2. The Morgan fingerprint density at radius 3 is 2.29 bits per heavy atom. The highest BCUT2D eigenvalue weighted by molar-refractivity contribution is 7.89. The minimum Gasteiger partial charge on any atom is -0.497 e. The van der Waals surface area contributed by atoms with Crippen molar-refractivity contribution in [1.82, 2.24) is 14.1 Å². The van der Waals surface area contributed by atoms with E-state index in [1.807, 2.05) is 0 Å². The van der Waals surface area contributed by atoms with E-state index in [-0.39, 0.29) is 0 Å². The van der Waals surface area contributed by atoms with E-state index in [9.17, 15) is 8.42 Å². The zero-order valence-electron chi connectivity index (χ0n) is 14.9. The molecule has 6 nitrogen and oxygen atoms in total. The molecule has 0 aromatic heterocycles. The predicted molar refractivity (Wildman–Crippen MR) is 96.0 cm³/mol. The Morgan fingerprint density at radius 1 is 1.12 bits per heavy atom. The van der Waals surface area contributed by atoms with Gasteiger partial charge in [-0.05, 0) is 57.4 Å². The molecule has 7 heteroatoms. The first-order valence-electron chi connectivity index (χ1n) is 8.52. The summed E-state index contributed by atoms with van der Waals surface area (Å²) in [5.74, 6) is 0.663. The predicted octanol–water partition coefficient (Wildman–Crippen LogP) is 1.34. The number of sulfonamides is 1. The van der Waals surface area contributed by atoms with Crippen LogP contribution in [0.4, 0.5) is 0 Å². The third-order valence-corrected chi connectivity index (χ3v) is 6.50. The Labute approximate surface area is 146 Å². The second-order valence-corrected chi connectivity index (χ2v) is 8.11. The van der Waals surface area contributed by atoms with E-state index in [4.69, 9.17) is 4.74 Å². The molecule has 1 saturated heterocycles. The molecule has 0 amide bonds. The maximum Gasteiger partial charge on any atom is 0.243 e. The van der Waals surface area contributed by atoms with E-state index in [1.54, 1.807) is 35.7 Å². The van der Waals surface area contributed by atoms with Crippen LogP contribution in [0, 0.1) is 0 Å². The summed E-state index contributed by atoms with van der Waals surface area (Å²) in [6.45, 7) is 8.03. The van der Waals surface area contributed by atoms with Crippen molar-refractivity contribution in [1.29, 1.82) is 0 Å². The summed E-state index contributed by atoms with van der Waals surface area (Å²) in [6.07, 6.45) is 1.12. The maximum absolute atomic E-state index is 12.7. The number of ether oxygens (including phenoxy) is 1. The summed E-state index contributed by atoms with van der Waals surface area (Å²) in [4.78, 5) is 4.98. The Hall–Kier alpha value is -1.15. The van der Waals surface area contributed by atoms with E-state index in [0.29, 0.717) is 23.7 Å². The Bertz CT molecular complexity index is 596. The molecule has 0 radical (unpaired) electrons. The number of piperazine rings is 1. The van der Waals surface area contributed by atoms with Crippen LogP contribution in [0.2, 0.25) is 0 Å². The second kappa shape index (κ2) is 8.80. The summed E-state index contributed by atoms with van der Waals surface area (Å²) >= 11 is 0. The van der Waals surface area contributed by atoms with Crippen molar-refractivity contribution in [2.45, 2.75) is 18.2 Å². The number of nitrogens with zero attached hydrogens (tertiary/aromatic N) is 3. The van der Waals surface area contributed by atoms with Gasteiger partial charge in [0.1, 0.15) is 5.75 Å². The van der Waals surface area contributed by atoms with Crippen LogP contribution >= 0.6 is 0 Å². The van der Waals surface area contributed by atoms with Gasteiger partial charge in [0.05, 0.1) is 12.0 Å². The van der Waals surface area contributed by atoms with Crippen molar-refractivity contribution in [2.75, 3.05) is 60.0 Å². The molecular weight excluding hydrogens is 326 g/mol. The van der Waals surface area contributed by atoms with E-state index >= 15 is 0 Å². The highest BCUT2D eigenvalue weighted by Gasteiger charge is 2.28. The van der Waals surface area contributed by atoms with Crippen LogP contribution in [-0.2, 0) is 10.0 Å². The first-order chi connectivity index (χ1) is 11.5. The SMILES string of the molecule is CCN(C)CCCN1CCN(S(=O)(=O)c2ccc(OC)cc2)CC1. The normalized spacial score (nSPS) is 17.3. The molecule has 1 aliphatic heterocycles. The highest BCUT2D eigenvalue weighted by atomic mass is 32.2. The van der Waals surface area contributed by atoms with E-state index < -0.39 is 10.0 Å². The molecule has 24 heavy (non-hydrogen) atoms. The Morgan fingerprint density at radius 2 is 1.75 bits per heavy atom. The molecule has 0 atom stereocenters. The summed E-state index contributed by atoms with van der Waals surface area (Å²) in [5, 5.41) is 0. The van der Waals surface area contributed by atoms with Gasteiger partial charge in [-0.25, -0.2) is 8.42 Å². The molecule has 1 aromatic rings. The van der Waals surface area contributed by atoms with Gasteiger partial charge in [-0.3, -0.25) is 0 Å². The van der Waals surface area contributed by atoms with Crippen LogP contribution in [0.25, 0.3) is 0 Å². The van der Waals surface area contributed by atoms with Crippen LogP contribution in [0.1, 0.15) is 13.3 Å². The topological polar surface area (TPSA) is 53.1 Å². The van der Waals surface area contributed by atoms with Crippen LogP contribution in [0.5, 0.6) is 5.75 Å². The van der Waals surface area contributed by atoms with Gasteiger partial charge in [0.2, 0.25) is 10.0 Å². The molecule has 2 rings (SSSR count). The maximum atomic E-state index is 12.7. The summed E-state index contributed by atoms with van der Waals surface area (Å²) in [5.41, 5.74) is 0. The minimum atomic E-state index is -3.41. The smallest absolute Gasteiger partial charge is 0.243 e. The van der Waals surface area contributed by atoms with E-state index in [1.165, 1.54) is 0 Å². The van der Waals surface area contributed by atoms with Gasteiger partial charge >= 0.3 is 0 Å². The van der Waals surface area contributed by atoms with Crippen LogP contribution in [-0.4, -0.2) is 82.5 Å². The Kier molecular flexibility index (Phi) is 7.03. The minimum absolute atomic E-state index is 0.335. The zero-order chi connectivity index (χ0) is 17.6. The van der Waals surface area contributed by atoms with E-state index in [2.05, 4.69) is 23.8 Å². The summed E-state index contributed by atoms with van der Waals surface area (Å²) in [7, 11) is 0.289. The largest absolute Gasteiger partial charge is 0.497 e. The molecule has 1 heterocycles. The Balaban J connectivity index is 1.86. The van der Waals surface area contributed by atoms with Gasteiger partial charge in [-0.15, -0.1) is 0 Å². The third-order valence-electron chi connectivity index (χ3n) is 4.58. The van der Waals surface area contributed by atoms with Crippen molar-refractivity contribution >= 4 is 10.0 Å². The van der Waals surface area contributed by atoms with Crippen LogP contribution in [0.15, 0.2) is 29.2 Å². The molecule has 0 N–H and O–H groups in total. The molecule has 136 valence electrons. The third kappa shape index (κ3) is 4.92. The highest BCUT2D eigenvalue weighted by Crippen LogP contribution is 2.20. The molecule has 1 aliphatic rings. The molecule has 0 unspecified atom stereocenters. The van der Waals surface area contributed by atoms with Gasteiger partial charge in [0, 0.05) is 26.2 Å². The van der Waals surface area contributed by atoms with E-state index in [0.717, 1.165) is 39.1 Å². The van der Waals surface area contributed by atoms with Gasteiger partial charge in [-0.1, -0.05) is 6.92 Å². The van der Waals surface area contributed by atoms with Crippen molar-refractivity contribution in [3.63, 3.8) is 0 Å². The van der Waals surface area contributed by atoms with Gasteiger partial charge in [0.15, 0.2) is 0 Å². The molecular formula is C17H29N3O3S. The van der Waals surface area contributed by atoms with Crippen molar-refractivity contribution in [2.24, 2.45) is 0 Å². The number of hydrogen-bond donors (Lipinski definition) is 0. The van der Waals surface area contributed by atoms with Gasteiger partial charge in [0.25, 0.3) is 0 Å². The molecule has 1 fully saturated rings. The average molecular weight is 356 g/mol. The fourth-order valence-corrected chi connectivity index (χ4v) is 4.23. The zero-order valence-corrected chi connectivity index (χ0v) is 15.8. The molecule has 0 aliphatic carbocycles. The number of hydrogen-bond acceptors (Lipinski definition) is 5. The monoisotopic (exact) mass is 355 g/mol. The number of methoxy groups -OCH3 is 1. The quantitative estimate of drug-likeness (QED) is 0.704. The van der Waals surface area contributed by atoms with Gasteiger partial charge in [-0.2, -0.15) is 4.31 Å². The lowest BCUT2D eigenvalue weighted by molar-refractivity contribution is 0.179. The van der Waals surface area contributed by atoms with Crippen LogP contribution < -0.4 is 4.74 Å². The molecule has 0 bridgehead atoms. The van der Waals surface area contributed by atoms with Crippen LogP contribution in [0.3, 0.4) is 0 Å². The lowest BCUT2D eigenvalue weighted by Crippen LogP contribution is -2.48. The fourth-order valence-electron chi connectivity index (χ4n) is 2.81. The van der Waals surface area contributed by atoms with Crippen molar-refractivity contribution in [3.8, 4) is 5.75 Å². The van der Waals surface area contributed by atoms with Crippen molar-refractivity contribution in [3.05, 3.63) is 24.3 Å². The van der Waals surface area contributed by atoms with Crippen molar-refractivity contribution < 1.29 is 13.2 Å². The summed E-state index contributed by atoms with van der Waals surface area (Å²) in [6, 6.07) is 6.60. The van der Waals surface area contributed by atoms with Gasteiger partial charge < -0.3 is 14.5 Å². The first-order valence-corrected chi connectivity index (χ1v) is 9.96.